The Balaban J connectivity index is 1.40. The second kappa shape index (κ2) is 7.46. The number of aromatic nitrogens is 4. The van der Waals surface area contributed by atoms with E-state index in [0.717, 1.165) is 0 Å². The summed E-state index contributed by atoms with van der Waals surface area (Å²) >= 11 is 0. The fourth-order valence-electron chi connectivity index (χ4n) is 4.17. The quantitative estimate of drug-likeness (QED) is 0.716. The molecule has 2 aliphatic rings. The number of cyclic esters (lactones) is 1. The Morgan fingerprint density at radius 2 is 2.10 bits per heavy atom. The number of carbonyl (C=O) groups excluding carboxylic acids is 2. The molecule has 4 heterocycles. The van der Waals surface area contributed by atoms with Crippen molar-refractivity contribution in [3.05, 3.63) is 36.2 Å². The Labute approximate surface area is 169 Å². The summed E-state index contributed by atoms with van der Waals surface area (Å²) in [6.45, 7) is 3.49. The van der Waals surface area contributed by atoms with Crippen LogP contribution in [0.4, 0.5) is 5.95 Å². The zero-order valence-corrected chi connectivity index (χ0v) is 17.0. The van der Waals surface area contributed by atoms with Crippen molar-refractivity contribution in [3.63, 3.8) is 0 Å². The molecule has 0 aromatic carbocycles. The Bertz CT molecular complexity index is 903. The van der Waals surface area contributed by atoms with Gasteiger partial charge < -0.3 is 19.1 Å². The van der Waals surface area contributed by atoms with Crippen LogP contribution in [0.1, 0.15) is 35.3 Å². The first-order valence-corrected chi connectivity index (χ1v) is 9.85. The van der Waals surface area contributed by atoms with Crippen molar-refractivity contribution < 1.29 is 14.3 Å². The molecule has 2 fully saturated rings. The summed E-state index contributed by atoms with van der Waals surface area (Å²) in [6.07, 6.45) is 8.68. The van der Waals surface area contributed by atoms with Crippen molar-refractivity contribution in [2.75, 3.05) is 32.1 Å². The summed E-state index contributed by atoms with van der Waals surface area (Å²) in [5, 5.41) is 0. The Kier molecular flexibility index (Phi) is 4.97. The fourth-order valence-corrected chi connectivity index (χ4v) is 4.17. The largest absolute Gasteiger partial charge is 0.460 e. The number of hydrogen-bond donors (Lipinski definition) is 0. The van der Waals surface area contributed by atoms with Crippen LogP contribution in [0.5, 0.6) is 0 Å². The molecule has 0 bridgehead atoms. The molecule has 1 amide bonds. The Hall–Kier alpha value is -2.97. The number of amides is 1. The van der Waals surface area contributed by atoms with Gasteiger partial charge in [-0.3, -0.25) is 9.59 Å². The molecule has 0 N–H and O–H groups in total. The third-order valence-electron chi connectivity index (χ3n) is 5.90. The number of aryl methyl sites for hydroxylation is 1. The first-order chi connectivity index (χ1) is 13.9. The van der Waals surface area contributed by atoms with Gasteiger partial charge in [-0.25, -0.2) is 15.0 Å². The first-order valence-electron chi connectivity index (χ1n) is 9.85. The Morgan fingerprint density at radius 3 is 2.72 bits per heavy atom. The van der Waals surface area contributed by atoms with Gasteiger partial charge in [0.05, 0.1) is 29.5 Å². The standard InChI is InChI=1S/C20H26N6O3/c1-14-16(11-22-19(23-14)24(2)3)17(27)26-7-4-20(5-8-26)10-15(29-18(20)28)12-25-9-6-21-13-25/h6,9,11,13,15H,4-5,7-8,10,12H2,1-3H3. The van der Waals surface area contributed by atoms with E-state index in [2.05, 4.69) is 15.0 Å². The average molecular weight is 398 g/mol. The number of ether oxygens (including phenoxy) is 1. The molecule has 2 saturated heterocycles. The summed E-state index contributed by atoms with van der Waals surface area (Å²) in [5.41, 5.74) is 0.690. The number of rotatable bonds is 4. The van der Waals surface area contributed by atoms with Crippen LogP contribution in [0.3, 0.4) is 0 Å². The number of carbonyl (C=O) groups is 2. The maximum atomic E-state index is 13.0. The van der Waals surface area contributed by atoms with Crippen LogP contribution >= 0.6 is 0 Å². The minimum atomic E-state index is -0.484. The smallest absolute Gasteiger partial charge is 0.312 e. The van der Waals surface area contributed by atoms with Gasteiger partial charge in [-0.05, 0) is 19.8 Å². The van der Waals surface area contributed by atoms with Gasteiger partial charge in [0.2, 0.25) is 5.95 Å². The second-order valence-corrected chi connectivity index (χ2v) is 8.13. The van der Waals surface area contributed by atoms with Crippen molar-refractivity contribution in [1.29, 1.82) is 0 Å². The molecule has 2 aromatic heterocycles. The molecular formula is C20H26N6O3. The van der Waals surface area contributed by atoms with E-state index >= 15 is 0 Å². The highest BCUT2D eigenvalue weighted by molar-refractivity contribution is 5.95. The van der Waals surface area contributed by atoms with Crippen molar-refractivity contribution in [2.45, 2.75) is 38.8 Å². The highest BCUT2D eigenvalue weighted by Gasteiger charge is 2.50. The van der Waals surface area contributed by atoms with E-state index in [4.69, 9.17) is 4.74 Å². The summed E-state index contributed by atoms with van der Waals surface area (Å²) in [6, 6.07) is 0. The molecule has 154 valence electrons. The molecule has 9 nitrogen and oxygen atoms in total. The van der Waals surface area contributed by atoms with Crippen molar-refractivity contribution in [2.24, 2.45) is 5.41 Å². The number of hydrogen-bond acceptors (Lipinski definition) is 7. The van der Waals surface area contributed by atoms with Gasteiger partial charge in [0.15, 0.2) is 0 Å². The van der Waals surface area contributed by atoms with E-state index in [9.17, 15) is 9.59 Å². The molecule has 1 spiro atoms. The number of nitrogens with zero attached hydrogens (tertiary/aromatic N) is 6. The average Bonchev–Trinajstić information content (AvgIpc) is 3.30. The van der Waals surface area contributed by atoms with E-state index in [1.165, 1.54) is 0 Å². The normalized spacial score (nSPS) is 20.7. The predicted octanol–water partition coefficient (Wildman–Crippen LogP) is 1.29. The number of likely N-dealkylation sites (tertiary alicyclic amines) is 1. The molecule has 1 unspecified atom stereocenters. The number of anilines is 1. The second-order valence-electron chi connectivity index (χ2n) is 8.13. The van der Waals surface area contributed by atoms with Crippen LogP contribution < -0.4 is 4.90 Å². The van der Waals surface area contributed by atoms with Crippen LogP contribution in [-0.2, 0) is 16.1 Å². The maximum absolute atomic E-state index is 13.0. The van der Waals surface area contributed by atoms with Gasteiger partial charge in [-0.2, -0.15) is 0 Å². The van der Waals surface area contributed by atoms with Crippen LogP contribution in [0.15, 0.2) is 24.9 Å². The number of piperidine rings is 1. The molecule has 1 atom stereocenters. The third kappa shape index (κ3) is 3.68. The number of esters is 1. The van der Waals surface area contributed by atoms with Crippen LogP contribution in [0.25, 0.3) is 0 Å². The molecule has 4 rings (SSSR count). The highest BCUT2D eigenvalue weighted by Crippen LogP contribution is 2.43. The van der Waals surface area contributed by atoms with E-state index in [0.29, 0.717) is 56.1 Å². The zero-order valence-electron chi connectivity index (χ0n) is 17.0. The fraction of sp³-hybridized carbons (Fsp3) is 0.550. The maximum Gasteiger partial charge on any atom is 0.312 e. The molecule has 2 aromatic rings. The Morgan fingerprint density at radius 1 is 1.34 bits per heavy atom. The van der Waals surface area contributed by atoms with Gasteiger partial charge in [0, 0.05) is 52.2 Å². The van der Waals surface area contributed by atoms with Crippen LogP contribution in [-0.4, -0.2) is 69.6 Å². The first kappa shape index (κ1) is 19.4. The van der Waals surface area contributed by atoms with Crippen molar-refractivity contribution >= 4 is 17.8 Å². The molecule has 2 aliphatic heterocycles. The van der Waals surface area contributed by atoms with E-state index in [1.54, 1.807) is 28.5 Å². The van der Waals surface area contributed by atoms with Gasteiger partial charge in [0.1, 0.15) is 6.10 Å². The highest BCUT2D eigenvalue weighted by atomic mass is 16.6. The minimum Gasteiger partial charge on any atom is -0.460 e. The van der Waals surface area contributed by atoms with Crippen LogP contribution in [0.2, 0.25) is 0 Å². The zero-order chi connectivity index (χ0) is 20.6. The van der Waals surface area contributed by atoms with Gasteiger partial charge >= 0.3 is 5.97 Å². The summed E-state index contributed by atoms with van der Waals surface area (Å²) in [4.78, 5) is 41.9. The SMILES string of the molecule is Cc1nc(N(C)C)ncc1C(=O)N1CCC2(CC1)CC(Cn1ccnc1)OC2=O. The molecule has 0 saturated carbocycles. The number of imidazole rings is 1. The summed E-state index contributed by atoms with van der Waals surface area (Å²) < 4.78 is 7.57. The summed E-state index contributed by atoms with van der Waals surface area (Å²) in [7, 11) is 3.72. The monoisotopic (exact) mass is 398 g/mol. The van der Waals surface area contributed by atoms with Gasteiger partial charge in [-0.15, -0.1) is 0 Å². The minimum absolute atomic E-state index is 0.0796. The molecule has 29 heavy (non-hydrogen) atoms. The molecule has 0 aliphatic carbocycles. The van der Waals surface area contributed by atoms with Crippen molar-refractivity contribution in [3.8, 4) is 0 Å². The van der Waals surface area contributed by atoms with Crippen molar-refractivity contribution in [1.82, 2.24) is 24.4 Å². The topological polar surface area (TPSA) is 93.5 Å². The lowest BCUT2D eigenvalue weighted by Gasteiger charge is -2.36. The lowest BCUT2D eigenvalue weighted by molar-refractivity contribution is -0.150. The molecule has 9 heteroatoms. The third-order valence-corrected chi connectivity index (χ3v) is 5.90. The lowest BCUT2D eigenvalue weighted by atomic mass is 9.76. The predicted molar refractivity (Wildman–Crippen MR) is 105 cm³/mol. The van der Waals surface area contributed by atoms with E-state index in [-0.39, 0.29) is 18.0 Å². The molecule has 0 radical (unpaired) electrons. The van der Waals surface area contributed by atoms with E-state index < -0.39 is 5.41 Å². The molecular weight excluding hydrogens is 372 g/mol. The van der Waals surface area contributed by atoms with E-state index in [1.807, 2.05) is 31.8 Å². The summed E-state index contributed by atoms with van der Waals surface area (Å²) in [5.74, 6) is 0.364. The lowest BCUT2D eigenvalue weighted by Crippen LogP contribution is -2.45. The van der Waals surface area contributed by atoms with Gasteiger partial charge in [0.25, 0.3) is 5.91 Å². The van der Waals surface area contributed by atoms with Gasteiger partial charge in [-0.1, -0.05) is 0 Å². The van der Waals surface area contributed by atoms with Crippen LogP contribution in [0, 0.1) is 12.3 Å².